The number of hydrogen-bond acceptors (Lipinski definition) is 5. The van der Waals surface area contributed by atoms with Crippen LogP contribution in [-0.2, 0) is 12.8 Å². The molecule has 1 atom stereocenters. The minimum atomic E-state index is 0.460. The van der Waals surface area contributed by atoms with Gasteiger partial charge in [0.2, 0.25) is 0 Å². The number of hydrogen-bond donors (Lipinski definition) is 1. The van der Waals surface area contributed by atoms with Gasteiger partial charge in [0.1, 0.15) is 0 Å². The average molecular weight is 299 g/mol. The molecule has 0 bridgehead atoms. The highest BCUT2D eigenvalue weighted by atomic mass is 16.5. The molecular formula is C16H21N5O. The largest absolute Gasteiger partial charge is 0.395 e. The third kappa shape index (κ3) is 3.33. The summed E-state index contributed by atoms with van der Waals surface area (Å²) in [6.07, 6.45) is 5.93. The van der Waals surface area contributed by atoms with Crippen molar-refractivity contribution < 1.29 is 5.21 Å². The molecule has 3 rings (SSSR count). The predicted molar refractivity (Wildman–Crippen MR) is 82.6 cm³/mol. The van der Waals surface area contributed by atoms with E-state index >= 15 is 0 Å². The summed E-state index contributed by atoms with van der Waals surface area (Å²) in [5, 5.41) is 20.1. The number of benzene rings is 1. The van der Waals surface area contributed by atoms with Crippen LogP contribution in [0.2, 0.25) is 0 Å². The van der Waals surface area contributed by atoms with Crippen molar-refractivity contribution in [3.63, 3.8) is 0 Å². The molecule has 1 saturated heterocycles. The highest BCUT2D eigenvalue weighted by molar-refractivity contribution is 5.26. The number of nitrogens with zero attached hydrogens (tertiary/aromatic N) is 5. The zero-order valence-electron chi connectivity index (χ0n) is 12.6. The van der Waals surface area contributed by atoms with Crippen LogP contribution < -0.4 is 0 Å². The van der Waals surface area contributed by atoms with E-state index in [1.165, 1.54) is 24.0 Å². The number of allylic oxidation sites excluding steroid dienone is 1. The third-order valence-electron chi connectivity index (χ3n) is 4.18. The number of rotatable bonds is 6. The fraction of sp³-hybridized carbons (Fsp3) is 0.438. The van der Waals surface area contributed by atoms with Gasteiger partial charge < -0.3 is 5.21 Å². The second-order valence-corrected chi connectivity index (χ2v) is 5.65. The number of tetrazole rings is 1. The molecule has 22 heavy (non-hydrogen) atoms. The van der Waals surface area contributed by atoms with Crippen LogP contribution in [0.5, 0.6) is 0 Å². The van der Waals surface area contributed by atoms with Gasteiger partial charge in [-0.05, 0) is 42.1 Å². The van der Waals surface area contributed by atoms with Gasteiger partial charge in [-0.25, -0.2) is 0 Å². The Bertz CT molecular complexity index is 622. The molecule has 1 fully saturated rings. The lowest BCUT2D eigenvalue weighted by Crippen LogP contribution is -2.26. The predicted octanol–water partition coefficient (Wildman–Crippen LogP) is 2.02. The molecule has 2 heterocycles. The lowest BCUT2D eigenvalue weighted by Gasteiger charge is -2.24. The van der Waals surface area contributed by atoms with Crippen molar-refractivity contribution in [2.75, 3.05) is 13.1 Å². The molecular weight excluding hydrogens is 278 g/mol. The van der Waals surface area contributed by atoms with Gasteiger partial charge in [-0.15, -0.1) is 11.7 Å². The summed E-state index contributed by atoms with van der Waals surface area (Å²) in [6, 6.07) is 9.29. The molecule has 1 aromatic heterocycles. The fourth-order valence-corrected chi connectivity index (χ4v) is 3.09. The summed E-state index contributed by atoms with van der Waals surface area (Å²) in [6.45, 7) is 5.75. The maximum Gasteiger partial charge on any atom is 0.179 e. The second kappa shape index (κ2) is 6.70. The first-order chi connectivity index (χ1) is 10.8. The average Bonchev–Trinajstić information content (AvgIpc) is 3.15. The van der Waals surface area contributed by atoms with Crippen molar-refractivity contribution in [3.05, 3.63) is 53.9 Å². The first kappa shape index (κ1) is 14.7. The smallest absolute Gasteiger partial charge is 0.179 e. The van der Waals surface area contributed by atoms with Gasteiger partial charge in [-0.1, -0.05) is 35.4 Å². The van der Waals surface area contributed by atoms with E-state index in [9.17, 15) is 0 Å². The third-order valence-corrected chi connectivity index (χ3v) is 4.18. The molecule has 1 N–H and O–H groups in total. The molecule has 0 amide bonds. The van der Waals surface area contributed by atoms with E-state index in [1.54, 1.807) is 0 Å². The molecule has 1 aromatic carbocycles. The van der Waals surface area contributed by atoms with E-state index in [0.29, 0.717) is 23.2 Å². The van der Waals surface area contributed by atoms with Gasteiger partial charge >= 0.3 is 0 Å². The summed E-state index contributed by atoms with van der Waals surface area (Å²) in [7, 11) is 0. The maximum atomic E-state index is 9.06. The van der Waals surface area contributed by atoms with Crippen LogP contribution in [-0.4, -0.2) is 43.6 Å². The topological polar surface area (TPSA) is 67.1 Å². The Hall–Kier alpha value is -2.21. The van der Waals surface area contributed by atoms with E-state index in [1.807, 2.05) is 6.08 Å². The number of aromatic nitrogens is 4. The Morgan fingerprint density at radius 3 is 2.82 bits per heavy atom. The molecule has 116 valence electrons. The van der Waals surface area contributed by atoms with Crippen LogP contribution in [0.3, 0.4) is 0 Å². The maximum absolute atomic E-state index is 9.06. The van der Waals surface area contributed by atoms with Crippen molar-refractivity contribution in [3.8, 4) is 0 Å². The molecule has 6 nitrogen and oxygen atoms in total. The first-order valence-electron chi connectivity index (χ1n) is 7.68. The highest BCUT2D eigenvalue weighted by Crippen LogP contribution is 2.31. The molecule has 1 aliphatic rings. The van der Waals surface area contributed by atoms with Gasteiger partial charge in [0.25, 0.3) is 0 Å². The minimum Gasteiger partial charge on any atom is -0.395 e. The van der Waals surface area contributed by atoms with Crippen molar-refractivity contribution in [2.45, 2.75) is 31.7 Å². The molecule has 0 saturated carbocycles. The lowest BCUT2D eigenvalue weighted by atomic mass is 10.0. The van der Waals surface area contributed by atoms with Crippen molar-refractivity contribution in [1.82, 2.24) is 25.3 Å². The van der Waals surface area contributed by atoms with E-state index < -0.39 is 0 Å². The second-order valence-electron chi connectivity index (χ2n) is 5.65. The van der Waals surface area contributed by atoms with Crippen LogP contribution in [0.25, 0.3) is 0 Å². The highest BCUT2D eigenvalue weighted by Gasteiger charge is 2.25. The Kier molecular flexibility index (Phi) is 4.48. The monoisotopic (exact) mass is 299 g/mol. The minimum absolute atomic E-state index is 0.460. The summed E-state index contributed by atoms with van der Waals surface area (Å²) in [4.78, 5) is 2.98. The van der Waals surface area contributed by atoms with E-state index in [-0.39, 0.29) is 0 Å². The van der Waals surface area contributed by atoms with Crippen LogP contribution in [0.1, 0.15) is 35.8 Å². The molecule has 6 heteroatoms. The van der Waals surface area contributed by atoms with Crippen molar-refractivity contribution >= 4 is 0 Å². The summed E-state index contributed by atoms with van der Waals surface area (Å²) >= 11 is 0. The Balaban J connectivity index is 1.63. The van der Waals surface area contributed by atoms with Crippen LogP contribution in [0.4, 0.5) is 0 Å². The van der Waals surface area contributed by atoms with E-state index in [2.05, 4.69) is 51.2 Å². The fourth-order valence-electron chi connectivity index (χ4n) is 3.09. The normalized spacial score (nSPS) is 18.6. The van der Waals surface area contributed by atoms with Gasteiger partial charge in [0.15, 0.2) is 5.82 Å². The van der Waals surface area contributed by atoms with Gasteiger partial charge in [0.05, 0.1) is 0 Å². The molecule has 2 aromatic rings. The summed E-state index contributed by atoms with van der Waals surface area (Å²) in [5.41, 5.74) is 2.66. The molecule has 1 aliphatic heterocycles. The van der Waals surface area contributed by atoms with Crippen LogP contribution in [0, 0.1) is 0 Å². The molecule has 0 unspecified atom stereocenters. The number of likely N-dealkylation sites (tertiary alicyclic amines) is 1. The molecule has 0 spiro atoms. The molecule has 0 radical (unpaired) electrons. The standard InChI is InChI=1S/C16H21N5O/c1-2-4-13-6-8-14(9-7-13)15-5-3-11-20(15)12-10-16-17-19-21(22)18-16/h2,6-9,15,22H,1,3-5,10-12H2/t15-/m0/s1. The van der Waals surface area contributed by atoms with Gasteiger partial charge in [0, 0.05) is 24.0 Å². The summed E-state index contributed by atoms with van der Waals surface area (Å²) in [5.74, 6) is 0.578. The van der Waals surface area contributed by atoms with E-state index in [4.69, 9.17) is 5.21 Å². The van der Waals surface area contributed by atoms with Gasteiger partial charge in [-0.2, -0.15) is 0 Å². The van der Waals surface area contributed by atoms with Crippen molar-refractivity contribution in [2.24, 2.45) is 0 Å². The zero-order chi connectivity index (χ0) is 15.4. The Labute approximate surface area is 130 Å². The van der Waals surface area contributed by atoms with Crippen molar-refractivity contribution in [1.29, 1.82) is 0 Å². The Morgan fingerprint density at radius 1 is 1.32 bits per heavy atom. The van der Waals surface area contributed by atoms with E-state index in [0.717, 1.165) is 19.5 Å². The molecule has 0 aliphatic carbocycles. The van der Waals surface area contributed by atoms with Gasteiger partial charge in [-0.3, -0.25) is 4.90 Å². The zero-order valence-corrected chi connectivity index (χ0v) is 12.6. The quantitative estimate of drug-likeness (QED) is 0.653. The first-order valence-corrected chi connectivity index (χ1v) is 7.68. The van der Waals surface area contributed by atoms with Crippen LogP contribution >= 0.6 is 0 Å². The summed E-state index contributed by atoms with van der Waals surface area (Å²) < 4.78 is 0. The lowest BCUT2D eigenvalue weighted by molar-refractivity contribution is 0.105. The Morgan fingerprint density at radius 2 is 2.14 bits per heavy atom. The van der Waals surface area contributed by atoms with Crippen LogP contribution in [0.15, 0.2) is 36.9 Å². The SMILES string of the molecule is C=CCc1ccc([C@@H]2CCCN2CCc2nnn(O)n2)cc1.